The van der Waals surface area contributed by atoms with Gasteiger partial charge >= 0.3 is 0 Å². The van der Waals surface area contributed by atoms with Crippen molar-refractivity contribution in [3.63, 3.8) is 0 Å². The van der Waals surface area contributed by atoms with Gasteiger partial charge in [-0.15, -0.1) is 11.3 Å². The Morgan fingerprint density at radius 2 is 2.28 bits per heavy atom. The molecule has 3 unspecified atom stereocenters. The van der Waals surface area contributed by atoms with E-state index in [1.165, 1.54) is 43.7 Å². The van der Waals surface area contributed by atoms with Gasteiger partial charge in [-0.2, -0.15) is 0 Å². The molecular formula is C15H26N2S. The number of hydrogen-bond acceptors (Lipinski definition) is 3. The Morgan fingerprint density at radius 3 is 3.00 bits per heavy atom. The van der Waals surface area contributed by atoms with Gasteiger partial charge in [-0.3, -0.25) is 0 Å². The third kappa shape index (κ3) is 4.06. The maximum atomic E-state index is 4.46. The number of nitrogens with one attached hydrogen (secondary N) is 1. The Labute approximate surface area is 115 Å². The van der Waals surface area contributed by atoms with Gasteiger partial charge in [-0.1, -0.05) is 20.3 Å². The highest BCUT2D eigenvalue weighted by Gasteiger charge is 2.28. The maximum absolute atomic E-state index is 4.46. The summed E-state index contributed by atoms with van der Waals surface area (Å²) < 4.78 is 0. The van der Waals surface area contributed by atoms with E-state index in [0.717, 1.165) is 24.3 Å². The van der Waals surface area contributed by atoms with Crippen molar-refractivity contribution in [2.24, 2.45) is 17.8 Å². The Hall–Kier alpha value is -0.410. The molecule has 0 saturated heterocycles. The van der Waals surface area contributed by atoms with Gasteiger partial charge in [0.2, 0.25) is 0 Å². The number of aromatic nitrogens is 1. The molecule has 1 aromatic heterocycles. The maximum Gasteiger partial charge on any atom is 0.0927 e. The highest BCUT2D eigenvalue weighted by molar-refractivity contribution is 7.09. The van der Waals surface area contributed by atoms with Gasteiger partial charge in [0.05, 0.1) is 5.01 Å². The fourth-order valence-electron chi connectivity index (χ4n) is 3.12. The van der Waals surface area contributed by atoms with Crippen LogP contribution in [0.25, 0.3) is 0 Å². The molecule has 0 amide bonds. The molecule has 1 aliphatic rings. The predicted octanol–water partition coefficient (Wildman–Crippen LogP) is 3.74. The summed E-state index contributed by atoms with van der Waals surface area (Å²) in [6.07, 6.45) is 8.57. The van der Waals surface area contributed by atoms with E-state index >= 15 is 0 Å². The standard InChI is InChI=1S/C15H26N2S/c1-3-6-16-11-13-5-4-12(2)9-14(13)10-15-17-7-8-18-15/h7-8,12-14,16H,3-6,9-11H2,1-2H3. The van der Waals surface area contributed by atoms with E-state index in [-0.39, 0.29) is 0 Å². The lowest BCUT2D eigenvalue weighted by Crippen LogP contribution is -2.34. The first-order valence-corrected chi connectivity index (χ1v) is 8.26. The van der Waals surface area contributed by atoms with Crippen molar-refractivity contribution >= 4 is 11.3 Å². The summed E-state index contributed by atoms with van der Waals surface area (Å²) in [6.45, 7) is 7.01. The van der Waals surface area contributed by atoms with Crippen molar-refractivity contribution in [2.75, 3.05) is 13.1 Å². The average molecular weight is 266 g/mol. The second kappa shape index (κ2) is 7.25. The zero-order valence-corrected chi connectivity index (χ0v) is 12.5. The van der Waals surface area contributed by atoms with Crippen molar-refractivity contribution < 1.29 is 0 Å². The van der Waals surface area contributed by atoms with Crippen LogP contribution in [0.15, 0.2) is 11.6 Å². The minimum atomic E-state index is 0.837. The lowest BCUT2D eigenvalue weighted by Gasteiger charge is -2.34. The molecule has 0 aliphatic heterocycles. The van der Waals surface area contributed by atoms with Gasteiger partial charge in [-0.05, 0) is 50.1 Å². The van der Waals surface area contributed by atoms with E-state index in [9.17, 15) is 0 Å². The molecule has 2 nitrogen and oxygen atoms in total. The van der Waals surface area contributed by atoms with Crippen molar-refractivity contribution in [3.8, 4) is 0 Å². The molecule has 0 aromatic carbocycles. The molecule has 1 aromatic rings. The first-order valence-electron chi connectivity index (χ1n) is 7.38. The molecule has 0 spiro atoms. The third-order valence-corrected chi connectivity index (χ3v) is 4.96. The molecule has 1 N–H and O–H groups in total. The van der Waals surface area contributed by atoms with E-state index < -0.39 is 0 Å². The highest BCUT2D eigenvalue weighted by atomic mass is 32.1. The second-order valence-corrected chi connectivity index (χ2v) is 6.75. The van der Waals surface area contributed by atoms with Gasteiger partial charge in [0, 0.05) is 18.0 Å². The Balaban J connectivity index is 1.88. The molecule has 1 saturated carbocycles. The van der Waals surface area contributed by atoms with E-state index in [1.54, 1.807) is 0 Å². The monoisotopic (exact) mass is 266 g/mol. The summed E-state index contributed by atoms with van der Waals surface area (Å²) in [5, 5.41) is 7.04. The lowest BCUT2D eigenvalue weighted by atomic mass is 9.73. The number of hydrogen-bond donors (Lipinski definition) is 1. The summed E-state index contributed by atoms with van der Waals surface area (Å²) in [7, 11) is 0. The van der Waals surface area contributed by atoms with Gasteiger partial charge < -0.3 is 5.32 Å². The Kier molecular flexibility index (Phi) is 5.64. The lowest BCUT2D eigenvalue weighted by molar-refractivity contribution is 0.184. The largest absolute Gasteiger partial charge is 0.316 e. The first kappa shape index (κ1) is 14.0. The van der Waals surface area contributed by atoms with Crippen molar-refractivity contribution in [1.82, 2.24) is 10.3 Å². The van der Waals surface area contributed by atoms with Crippen LogP contribution in [-0.2, 0) is 6.42 Å². The van der Waals surface area contributed by atoms with Crippen LogP contribution in [0.1, 0.15) is 44.5 Å². The van der Waals surface area contributed by atoms with Crippen LogP contribution in [0, 0.1) is 17.8 Å². The van der Waals surface area contributed by atoms with Crippen LogP contribution in [0.5, 0.6) is 0 Å². The van der Waals surface area contributed by atoms with Gasteiger partial charge in [-0.25, -0.2) is 4.98 Å². The predicted molar refractivity (Wildman–Crippen MR) is 79.0 cm³/mol. The summed E-state index contributed by atoms with van der Waals surface area (Å²) in [5.41, 5.74) is 0. The molecule has 18 heavy (non-hydrogen) atoms. The Bertz CT molecular complexity index is 323. The minimum Gasteiger partial charge on any atom is -0.316 e. The molecule has 3 atom stereocenters. The van der Waals surface area contributed by atoms with E-state index in [4.69, 9.17) is 0 Å². The van der Waals surface area contributed by atoms with Crippen molar-refractivity contribution in [3.05, 3.63) is 16.6 Å². The normalized spacial score (nSPS) is 28.4. The van der Waals surface area contributed by atoms with Crippen molar-refractivity contribution in [1.29, 1.82) is 0 Å². The number of nitrogens with zero attached hydrogens (tertiary/aromatic N) is 1. The van der Waals surface area contributed by atoms with Crippen LogP contribution in [0.4, 0.5) is 0 Å². The SMILES string of the molecule is CCCNCC1CCC(C)CC1Cc1nccs1. The summed E-state index contributed by atoms with van der Waals surface area (Å²) in [5.74, 6) is 2.60. The van der Waals surface area contributed by atoms with Crippen LogP contribution in [0.3, 0.4) is 0 Å². The average Bonchev–Trinajstić information content (AvgIpc) is 2.85. The second-order valence-electron chi connectivity index (χ2n) is 5.77. The molecule has 2 rings (SSSR count). The molecule has 0 radical (unpaired) electrons. The fourth-order valence-corrected chi connectivity index (χ4v) is 3.83. The molecule has 102 valence electrons. The van der Waals surface area contributed by atoms with E-state index in [1.807, 2.05) is 17.5 Å². The van der Waals surface area contributed by atoms with E-state index in [0.29, 0.717) is 0 Å². The van der Waals surface area contributed by atoms with Crippen LogP contribution in [-0.4, -0.2) is 18.1 Å². The molecule has 0 bridgehead atoms. The number of rotatable bonds is 6. The molecule has 3 heteroatoms. The quantitative estimate of drug-likeness (QED) is 0.793. The summed E-state index contributed by atoms with van der Waals surface area (Å²) in [4.78, 5) is 4.46. The fraction of sp³-hybridized carbons (Fsp3) is 0.800. The first-order chi connectivity index (χ1) is 8.79. The molecular weight excluding hydrogens is 240 g/mol. The topological polar surface area (TPSA) is 24.9 Å². The molecule has 1 fully saturated rings. The zero-order valence-electron chi connectivity index (χ0n) is 11.7. The van der Waals surface area contributed by atoms with E-state index in [2.05, 4.69) is 29.5 Å². The highest BCUT2D eigenvalue weighted by Crippen LogP contribution is 2.35. The molecule has 1 aliphatic carbocycles. The number of thiazole rings is 1. The van der Waals surface area contributed by atoms with Gasteiger partial charge in [0.15, 0.2) is 0 Å². The van der Waals surface area contributed by atoms with Crippen LogP contribution >= 0.6 is 11.3 Å². The summed E-state index contributed by atoms with van der Waals surface area (Å²) >= 11 is 1.82. The van der Waals surface area contributed by atoms with Crippen LogP contribution < -0.4 is 5.32 Å². The smallest absolute Gasteiger partial charge is 0.0927 e. The molecule has 1 heterocycles. The zero-order chi connectivity index (χ0) is 12.8. The Morgan fingerprint density at radius 1 is 1.39 bits per heavy atom. The third-order valence-electron chi connectivity index (χ3n) is 4.16. The van der Waals surface area contributed by atoms with Crippen LogP contribution in [0.2, 0.25) is 0 Å². The van der Waals surface area contributed by atoms with Crippen molar-refractivity contribution in [2.45, 2.75) is 46.0 Å². The summed E-state index contributed by atoms with van der Waals surface area (Å²) in [6, 6.07) is 0. The minimum absolute atomic E-state index is 0.837. The van der Waals surface area contributed by atoms with Gasteiger partial charge in [0.1, 0.15) is 0 Å². The van der Waals surface area contributed by atoms with Gasteiger partial charge in [0.25, 0.3) is 0 Å².